The molecule has 468 valence electrons. The van der Waals surface area contributed by atoms with Crippen LogP contribution in [0.3, 0.4) is 0 Å². The Morgan fingerprint density at radius 1 is 0.253 bits per heavy atom. The first-order valence-electron chi connectivity index (χ1n) is 34.0. The average Bonchev–Trinajstić information content (AvgIpc) is 3.49. The third-order valence-electron chi connectivity index (χ3n) is 14.0. The van der Waals surface area contributed by atoms with Crippen molar-refractivity contribution in [3.63, 3.8) is 0 Å². The minimum atomic E-state index is -0.802. The number of ether oxygens (including phenoxy) is 3. The molecule has 0 aromatic rings. The van der Waals surface area contributed by atoms with Crippen molar-refractivity contribution in [3.8, 4) is 0 Å². The highest BCUT2D eigenvalue weighted by Gasteiger charge is 2.19. The van der Waals surface area contributed by atoms with E-state index in [0.29, 0.717) is 19.3 Å². The van der Waals surface area contributed by atoms with E-state index in [2.05, 4.69) is 179 Å². The summed E-state index contributed by atoms with van der Waals surface area (Å²) >= 11 is 0. The standard InChI is InChI=1S/C77H124O6/c1-4-7-10-13-16-19-22-25-27-29-31-33-34-35-36-37-38-39-40-41-42-44-45-47-49-52-55-58-61-64-67-70-76(79)82-73-74(72-81-75(78)69-66-63-60-57-54-51-24-21-18-15-12-9-6-3)83-77(80)71-68-65-62-59-56-53-50-48-46-43-32-30-28-26-23-20-17-14-11-8-5-2/h7-8,10-11,16-17,19-20,25-28,31-33,35-36,38-39,41-43,45,47-48,50,74H,4-6,9,12-15,18,21-24,29-30,34,37,40,44,46,49,51-73H2,1-3H3/b10-7-,11-8-,19-16-,20-17-,27-25-,28-26-,33-31-,36-35-,39-38-,42-41-,43-32-,47-45-,50-48-. The SMILES string of the molecule is CC/C=C\C/C=C\C/C=C\C/C=C\C/C=C\C/C=C\C/C=C\C/C=C\CCCCCCCCC(=O)OCC(COC(=O)CCCCCCCCCCCCCCC)OC(=O)CCCCCCC/C=C\C/C=C\C/C=C\C/C=C\C/C=C\CC. The zero-order valence-electron chi connectivity index (χ0n) is 53.7. The Morgan fingerprint density at radius 3 is 0.735 bits per heavy atom. The summed E-state index contributed by atoms with van der Waals surface area (Å²) in [5.41, 5.74) is 0. The van der Waals surface area contributed by atoms with Gasteiger partial charge in [-0.05, 0) is 128 Å². The van der Waals surface area contributed by atoms with Gasteiger partial charge < -0.3 is 14.2 Å². The summed E-state index contributed by atoms with van der Waals surface area (Å²) in [6.07, 6.45) is 101. The second-order valence-corrected chi connectivity index (χ2v) is 22.0. The highest BCUT2D eigenvalue weighted by Crippen LogP contribution is 2.15. The number of carbonyl (C=O) groups excluding carboxylic acids is 3. The maximum atomic E-state index is 12.9. The van der Waals surface area contributed by atoms with Crippen LogP contribution in [0.1, 0.15) is 290 Å². The highest BCUT2D eigenvalue weighted by molar-refractivity contribution is 5.71. The van der Waals surface area contributed by atoms with E-state index in [1.54, 1.807) is 0 Å². The van der Waals surface area contributed by atoms with Gasteiger partial charge in [0, 0.05) is 19.3 Å². The summed E-state index contributed by atoms with van der Waals surface area (Å²) < 4.78 is 16.9. The molecule has 0 aromatic carbocycles. The summed E-state index contributed by atoms with van der Waals surface area (Å²) in [7, 11) is 0. The van der Waals surface area contributed by atoms with Gasteiger partial charge in [-0.2, -0.15) is 0 Å². The van der Waals surface area contributed by atoms with Gasteiger partial charge in [-0.1, -0.05) is 301 Å². The normalized spacial score (nSPS) is 13.1. The van der Waals surface area contributed by atoms with Gasteiger partial charge in [0.2, 0.25) is 0 Å². The Labute approximate surface area is 511 Å². The Balaban J connectivity index is 4.39. The topological polar surface area (TPSA) is 78.9 Å². The van der Waals surface area contributed by atoms with Crippen LogP contribution in [0.5, 0.6) is 0 Å². The summed E-state index contributed by atoms with van der Waals surface area (Å²) in [5, 5.41) is 0. The fourth-order valence-corrected chi connectivity index (χ4v) is 9.01. The molecule has 0 heterocycles. The lowest BCUT2D eigenvalue weighted by Crippen LogP contribution is -2.30. The maximum Gasteiger partial charge on any atom is 0.306 e. The average molecular weight is 1150 g/mol. The van der Waals surface area contributed by atoms with Gasteiger partial charge >= 0.3 is 17.9 Å². The van der Waals surface area contributed by atoms with E-state index in [0.717, 1.165) is 173 Å². The Bertz CT molecular complexity index is 1840. The van der Waals surface area contributed by atoms with E-state index < -0.39 is 6.10 Å². The largest absolute Gasteiger partial charge is 0.462 e. The summed E-state index contributed by atoms with van der Waals surface area (Å²) in [4.78, 5) is 38.4. The van der Waals surface area contributed by atoms with E-state index in [1.165, 1.54) is 77.0 Å². The van der Waals surface area contributed by atoms with E-state index in [4.69, 9.17) is 14.2 Å². The molecule has 0 saturated carbocycles. The molecule has 1 atom stereocenters. The minimum absolute atomic E-state index is 0.0942. The molecule has 0 saturated heterocycles. The molecule has 0 aliphatic heterocycles. The lowest BCUT2D eigenvalue weighted by molar-refractivity contribution is -0.167. The fraction of sp³-hybridized carbons (Fsp3) is 0.623. The molecule has 0 bridgehead atoms. The van der Waals surface area contributed by atoms with E-state index >= 15 is 0 Å². The van der Waals surface area contributed by atoms with Crippen LogP contribution in [0.15, 0.2) is 158 Å². The molecule has 0 radical (unpaired) electrons. The van der Waals surface area contributed by atoms with Crippen LogP contribution in [-0.4, -0.2) is 37.2 Å². The number of rotatable bonds is 60. The van der Waals surface area contributed by atoms with Crippen LogP contribution < -0.4 is 0 Å². The van der Waals surface area contributed by atoms with Crippen LogP contribution in [0.2, 0.25) is 0 Å². The molecule has 0 fully saturated rings. The number of hydrogen-bond acceptors (Lipinski definition) is 6. The molecule has 0 rings (SSSR count). The molecular weight excluding hydrogens is 1020 g/mol. The molecule has 6 nitrogen and oxygen atoms in total. The smallest absolute Gasteiger partial charge is 0.306 e. The number of unbranched alkanes of at least 4 members (excludes halogenated alkanes) is 23. The first-order chi connectivity index (χ1) is 41.0. The minimum Gasteiger partial charge on any atom is -0.462 e. The lowest BCUT2D eigenvalue weighted by Gasteiger charge is -2.18. The molecule has 83 heavy (non-hydrogen) atoms. The molecule has 0 aromatic heterocycles. The number of esters is 3. The second-order valence-electron chi connectivity index (χ2n) is 22.0. The van der Waals surface area contributed by atoms with E-state index in [9.17, 15) is 14.4 Å². The molecule has 0 spiro atoms. The predicted molar refractivity (Wildman–Crippen MR) is 362 cm³/mol. The van der Waals surface area contributed by atoms with Crippen molar-refractivity contribution >= 4 is 17.9 Å². The van der Waals surface area contributed by atoms with Crippen molar-refractivity contribution in [3.05, 3.63) is 158 Å². The van der Waals surface area contributed by atoms with Crippen molar-refractivity contribution in [2.45, 2.75) is 297 Å². The van der Waals surface area contributed by atoms with Gasteiger partial charge in [-0.15, -0.1) is 0 Å². The number of hydrogen-bond donors (Lipinski definition) is 0. The zero-order valence-corrected chi connectivity index (χ0v) is 53.7. The van der Waals surface area contributed by atoms with Gasteiger partial charge in [-0.3, -0.25) is 14.4 Å². The zero-order chi connectivity index (χ0) is 59.9. The summed E-state index contributed by atoms with van der Waals surface area (Å²) in [5.74, 6) is -0.926. The molecule has 1 unspecified atom stereocenters. The second kappa shape index (κ2) is 69.5. The van der Waals surface area contributed by atoms with Crippen molar-refractivity contribution in [1.82, 2.24) is 0 Å². The van der Waals surface area contributed by atoms with Crippen LogP contribution in [0.4, 0.5) is 0 Å². The predicted octanol–water partition coefficient (Wildman–Crippen LogP) is 23.7. The summed E-state index contributed by atoms with van der Waals surface area (Å²) in [6, 6.07) is 0. The molecule has 0 aliphatic rings. The highest BCUT2D eigenvalue weighted by atomic mass is 16.6. The first-order valence-corrected chi connectivity index (χ1v) is 34.0. The maximum absolute atomic E-state index is 12.9. The van der Waals surface area contributed by atoms with Crippen molar-refractivity contribution in [2.75, 3.05) is 13.2 Å². The first kappa shape index (κ1) is 78.0. The molecular formula is C77H124O6. The fourth-order valence-electron chi connectivity index (χ4n) is 9.01. The van der Waals surface area contributed by atoms with Crippen LogP contribution in [0, 0.1) is 0 Å². The third kappa shape index (κ3) is 67.7. The van der Waals surface area contributed by atoms with Crippen molar-refractivity contribution in [2.24, 2.45) is 0 Å². The Kier molecular flexibility index (Phi) is 65.4. The van der Waals surface area contributed by atoms with Crippen LogP contribution >= 0.6 is 0 Å². The van der Waals surface area contributed by atoms with Crippen LogP contribution in [0.25, 0.3) is 0 Å². The number of carbonyl (C=O) groups is 3. The van der Waals surface area contributed by atoms with Gasteiger partial charge in [0.15, 0.2) is 6.10 Å². The lowest BCUT2D eigenvalue weighted by atomic mass is 10.0. The van der Waals surface area contributed by atoms with Crippen molar-refractivity contribution in [1.29, 1.82) is 0 Å². The van der Waals surface area contributed by atoms with Gasteiger partial charge in [0.25, 0.3) is 0 Å². The Morgan fingerprint density at radius 2 is 0.470 bits per heavy atom. The molecule has 6 heteroatoms. The third-order valence-corrected chi connectivity index (χ3v) is 14.0. The van der Waals surface area contributed by atoms with E-state index in [1.807, 2.05) is 0 Å². The van der Waals surface area contributed by atoms with Crippen molar-refractivity contribution < 1.29 is 28.6 Å². The van der Waals surface area contributed by atoms with Gasteiger partial charge in [0.1, 0.15) is 13.2 Å². The van der Waals surface area contributed by atoms with Crippen LogP contribution in [-0.2, 0) is 28.6 Å². The molecule has 0 N–H and O–H groups in total. The molecule has 0 amide bonds. The quantitative estimate of drug-likeness (QED) is 0.0261. The van der Waals surface area contributed by atoms with E-state index in [-0.39, 0.29) is 31.1 Å². The summed E-state index contributed by atoms with van der Waals surface area (Å²) in [6.45, 7) is 6.39. The monoisotopic (exact) mass is 1140 g/mol. The number of allylic oxidation sites excluding steroid dienone is 26. The molecule has 0 aliphatic carbocycles. The Hall–Kier alpha value is -4.97. The van der Waals surface area contributed by atoms with Gasteiger partial charge in [0.05, 0.1) is 0 Å². The van der Waals surface area contributed by atoms with Gasteiger partial charge in [-0.25, -0.2) is 0 Å².